The number of imide groups is 1. The second-order valence-electron chi connectivity index (χ2n) is 18.8. The van der Waals surface area contributed by atoms with Crippen molar-refractivity contribution in [1.29, 1.82) is 0 Å². The van der Waals surface area contributed by atoms with Gasteiger partial charge in [-0.3, -0.25) is 19.7 Å². The predicted molar refractivity (Wildman–Crippen MR) is 221 cm³/mol. The predicted octanol–water partition coefficient (Wildman–Crippen LogP) is 6.23. The Balaban J connectivity index is 0.685. The number of hydrogen-bond acceptors (Lipinski definition) is 9. The lowest BCUT2D eigenvalue weighted by molar-refractivity contribution is -0.136. The minimum absolute atomic E-state index is 0.0350. The Morgan fingerprint density at radius 2 is 1.63 bits per heavy atom. The van der Waals surface area contributed by atoms with Gasteiger partial charge in [-0.15, -0.1) is 0 Å². The zero-order chi connectivity index (χ0) is 39.9. The number of rotatable bonds is 6. The van der Waals surface area contributed by atoms with Crippen molar-refractivity contribution in [1.82, 2.24) is 25.1 Å². The fourth-order valence-electron chi connectivity index (χ4n) is 12.1. The summed E-state index contributed by atoms with van der Waals surface area (Å²) in [6.07, 6.45) is 13.8. The number of hydrogen-bond donors (Lipinski definition) is 2. The first kappa shape index (κ1) is 36.8. The highest BCUT2D eigenvalue weighted by atomic mass is 16.5. The molecule has 2 aliphatic carbocycles. The van der Waals surface area contributed by atoms with Gasteiger partial charge in [0.2, 0.25) is 17.8 Å². The van der Waals surface area contributed by atoms with Crippen LogP contribution in [0.5, 0.6) is 11.5 Å². The Hall–Kier alpha value is -5.29. The van der Waals surface area contributed by atoms with E-state index in [0.717, 1.165) is 87.1 Å². The van der Waals surface area contributed by atoms with Gasteiger partial charge in [0.1, 0.15) is 17.5 Å². The molecule has 3 atom stereocenters. The fourth-order valence-corrected chi connectivity index (χ4v) is 12.1. The summed E-state index contributed by atoms with van der Waals surface area (Å²) in [6, 6.07) is 20.1. The zero-order valence-electron chi connectivity index (χ0n) is 33.6. The van der Waals surface area contributed by atoms with Crippen molar-refractivity contribution < 1.29 is 24.2 Å². The van der Waals surface area contributed by atoms with Gasteiger partial charge in [0.25, 0.3) is 5.91 Å². The molecule has 3 amide bonds. The number of nitrogens with zero attached hydrogens (tertiary/aromatic N) is 5. The van der Waals surface area contributed by atoms with Crippen molar-refractivity contribution in [2.45, 2.75) is 94.0 Å². The van der Waals surface area contributed by atoms with E-state index < -0.39 is 6.04 Å². The highest BCUT2D eigenvalue weighted by Crippen LogP contribution is 2.51. The van der Waals surface area contributed by atoms with E-state index in [4.69, 9.17) is 14.7 Å². The molecule has 3 saturated heterocycles. The minimum Gasteiger partial charge on any atom is -0.508 e. The van der Waals surface area contributed by atoms with Crippen LogP contribution in [0.25, 0.3) is 0 Å². The van der Waals surface area contributed by atoms with Gasteiger partial charge in [0.05, 0.1) is 13.2 Å². The topological polar surface area (TPSA) is 128 Å². The smallest absolute Gasteiger partial charge is 0.255 e. The van der Waals surface area contributed by atoms with Crippen LogP contribution in [0.3, 0.4) is 0 Å². The molecule has 3 aromatic carbocycles. The largest absolute Gasteiger partial charge is 0.508 e. The van der Waals surface area contributed by atoms with Crippen LogP contribution in [0.15, 0.2) is 73.1 Å². The van der Waals surface area contributed by atoms with Crippen LogP contribution in [0, 0.1) is 11.3 Å². The van der Waals surface area contributed by atoms with Crippen molar-refractivity contribution >= 4 is 23.7 Å². The molecule has 3 unspecified atom stereocenters. The van der Waals surface area contributed by atoms with Crippen molar-refractivity contribution in [3.8, 4) is 11.5 Å². The van der Waals surface area contributed by atoms with Crippen molar-refractivity contribution in [2.75, 3.05) is 44.2 Å². The van der Waals surface area contributed by atoms with Crippen LogP contribution in [0.1, 0.15) is 113 Å². The molecule has 1 aromatic heterocycles. The van der Waals surface area contributed by atoms with E-state index in [2.05, 4.69) is 70.0 Å². The molecule has 59 heavy (non-hydrogen) atoms. The number of phenols is 1. The lowest BCUT2D eigenvalue weighted by atomic mass is 9.65. The third-order valence-electron chi connectivity index (χ3n) is 15.4. The maximum atomic E-state index is 13.4. The number of aromatic nitrogens is 2. The summed E-state index contributed by atoms with van der Waals surface area (Å²) < 4.78 is 6.43. The molecule has 7 aliphatic rings. The van der Waals surface area contributed by atoms with Gasteiger partial charge in [-0.05, 0) is 123 Å². The molecule has 11 nitrogen and oxygen atoms in total. The van der Waals surface area contributed by atoms with E-state index >= 15 is 0 Å². The van der Waals surface area contributed by atoms with Gasteiger partial charge in [-0.2, -0.15) is 0 Å². The summed E-state index contributed by atoms with van der Waals surface area (Å²) in [5.74, 6) is 2.40. The number of likely N-dealkylation sites (tertiary alicyclic amines) is 1. The molecule has 1 saturated carbocycles. The standard InChI is InChI=1S/C48H52N6O5/c55-34-7-9-36-32(22-34)6-8-35(31-4-2-1-3-5-31)42(36)33-23-49-46(50-24-33)53-27-47(28-53)16-14-30(15-17-47)25-52-20-18-48(19-21-52)29-59-43-38-26-54(40-12-13-41(56)51-44(40)57)45(58)37(38)10-11-39(43)48/h1-5,7,9-11,22-24,30,35,40,42,55H,6,8,12-21,25-29H2,(H,51,56,57). The molecule has 11 rings (SSSR count). The number of nitrogens with one attached hydrogen (secondary N) is 1. The molecule has 304 valence electrons. The summed E-state index contributed by atoms with van der Waals surface area (Å²) in [4.78, 5) is 54.3. The molecule has 0 bridgehead atoms. The summed E-state index contributed by atoms with van der Waals surface area (Å²) in [5.41, 5.74) is 8.04. The molecule has 0 radical (unpaired) electrons. The number of benzene rings is 3. The van der Waals surface area contributed by atoms with E-state index in [0.29, 0.717) is 42.2 Å². The normalized spacial score (nSPS) is 26.0. The quantitative estimate of drug-likeness (QED) is 0.219. The van der Waals surface area contributed by atoms with Crippen LogP contribution in [0.2, 0.25) is 0 Å². The maximum Gasteiger partial charge on any atom is 0.255 e. The number of amides is 3. The number of carbonyl (C=O) groups is 3. The maximum absolute atomic E-state index is 13.4. The highest BCUT2D eigenvalue weighted by Gasteiger charge is 2.49. The van der Waals surface area contributed by atoms with Crippen molar-refractivity contribution in [3.63, 3.8) is 0 Å². The Morgan fingerprint density at radius 3 is 2.39 bits per heavy atom. The van der Waals surface area contributed by atoms with Crippen LogP contribution in [-0.2, 0) is 28.0 Å². The first-order valence-electron chi connectivity index (χ1n) is 21.8. The van der Waals surface area contributed by atoms with E-state index in [1.165, 1.54) is 47.9 Å². The first-order valence-corrected chi connectivity index (χ1v) is 21.8. The van der Waals surface area contributed by atoms with Gasteiger partial charge in [-0.25, -0.2) is 9.97 Å². The number of anilines is 1. The third kappa shape index (κ3) is 6.30. The number of carbonyl (C=O) groups excluding carboxylic acids is 3. The van der Waals surface area contributed by atoms with Gasteiger partial charge < -0.3 is 24.5 Å². The first-order chi connectivity index (χ1) is 28.7. The Kier molecular flexibility index (Phi) is 8.83. The van der Waals surface area contributed by atoms with Crippen LogP contribution < -0.4 is 15.0 Å². The van der Waals surface area contributed by atoms with Crippen molar-refractivity contribution in [2.24, 2.45) is 11.3 Å². The van der Waals surface area contributed by atoms with Gasteiger partial charge in [0.15, 0.2) is 0 Å². The lowest BCUT2D eigenvalue weighted by Gasteiger charge is -2.54. The minimum atomic E-state index is -0.621. The molecular weight excluding hydrogens is 741 g/mol. The van der Waals surface area contributed by atoms with Gasteiger partial charge in [0, 0.05) is 71.9 Å². The van der Waals surface area contributed by atoms with Gasteiger partial charge >= 0.3 is 0 Å². The number of ether oxygens (including phenoxy) is 1. The molecule has 2 spiro atoms. The second kappa shape index (κ2) is 14.2. The Labute approximate surface area is 345 Å². The van der Waals surface area contributed by atoms with Crippen molar-refractivity contribution in [3.05, 3.63) is 112 Å². The van der Waals surface area contributed by atoms with Crippen LogP contribution in [-0.4, -0.2) is 88.0 Å². The van der Waals surface area contributed by atoms with Crippen LogP contribution in [0.4, 0.5) is 5.95 Å². The summed E-state index contributed by atoms with van der Waals surface area (Å²) >= 11 is 0. The van der Waals surface area contributed by atoms with E-state index in [1.54, 1.807) is 4.90 Å². The third-order valence-corrected chi connectivity index (χ3v) is 15.4. The second-order valence-corrected chi connectivity index (χ2v) is 18.8. The number of aromatic hydroxyl groups is 1. The molecule has 4 aromatic rings. The lowest BCUT2D eigenvalue weighted by Crippen LogP contribution is -2.58. The SMILES string of the molecule is O=C1CCC(N2Cc3c(ccc4c3OCC43CCN(CC4CCC5(CC4)CN(c4ncc(C6c7ccc(O)cc7CCC6c6ccccc6)cn4)C5)CC3)C2=O)C(=O)N1. The number of piperidine rings is 2. The number of fused-ring (bicyclic) bond motifs is 5. The zero-order valence-corrected chi connectivity index (χ0v) is 33.6. The molecule has 4 fully saturated rings. The van der Waals surface area contributed by atoms with Gasteiger partial charge in [-0.1, -0.05) is 42.5 Å². The summed E-state index contributed by atoms with van der Waals surface area (Å²) in [5, 5.41) is 12.6. The fraction of sp³-hybridized carbons (Fsp3) is 0.479. The Bertz CT molecular complexity index is 2310. The molecular formula is C48H52N6O5. The Morgan fingerprint density at radius 1 is 0.847 bits per heavy atom. The van der Waals surface area contributed by atoms with E-state index in [-0.39, 0.29) is 35.5 Å². The molecule has 11 heteroatoms. The number of aryl methyl sites for hydroxylation is 1. The molecule has 2 N–H and O–H groups in total. The summed E-state index contributed by atoms with van der Waals surface area (Å²) in [6.45, 7) is 6.30. The monoisotopic (exact) mass is 792 g/mol. The summed E-state index contributed by atoms with van der Waals surface area (Å²) in [7, 11) is 0. The average Bonchev–Trinajstić information content (AvgIpc) is 3.78. The van der Waals surface area contributed by atoms with E-state index in [1.807, 2.05) is 18.2 Å². The highest BCUT2D eigenvalue weighted by molar-refractivity contribution is 6.05. The average molecular weight is 793 g/mol. The molecule has 6 heterocycles. The number of phenolic OH excluding ortho intramolecular Hbond substituents is 1. The molecule has 5 aliphatic heterocycles. The van der Waals surface area contributed by atoms with E-state index in [9.17, 15) is 19.5 Å². The van der Waals surface area contributed by atoms with Crippen LogP contribution >= 0.6 is 0 Å².